The molecule has 3 aromatic rings. The van der Waals surface area contributed by atoms with Gasteiger partial charge in [0, 0.05) is 5.75 Å². The highest BCUT2D eigenvalue weighted by atomic mass is 32.2. The standard InChI is InChI=1S/C18H18N4O3S/c1-2-25-15-5-3-4-14(10-15)16-20-21-18(22(16)19)26-11-12-6-8-13(9-7-12)17(23)24/h3-10H,2,11,19H2,1H3,(H,23,24)/p+1. The first kappa shape index (κ1) is 17.8. The van der Waals surface area contributed by atoms with Gasteiger partial charge in [0.2, 0.25) is 0 Å². The summed E-state index contributed by atoms with van der Waals surface area (Å²) in [6.45, 7) is 2.53. The summed E-state index contributed by atoms with van der Waals surface area (Å²) in [7, 11) is 0. The molecule has 0 aliphatic rings. The number of carboxylic acid groups (broad SMARTS) is 1. The Kier molecular flexibility index (Phi) is 5.43. The van der Waals surface area contributed by atoms with Gasteiger partial charge in [-0.25, -0.2) is 4.79 Å². The summed E-state index contributed by atoms with van der Waals surface area (Å²) in [6, 6.07) is 14.4. The van der Waals surface area contributed by atoms with Gasteiger partial charge in [-0.1, -0.05) is 18.2 Å². The van der Waals surface area contributed by atoms with E-state index in [-0.39, 0.29) is 5.56 Å². The molecule has 3 rings (SSSR count). The van der Waals surface area contributed by atoms with Gasteiger partial charge < -0.3 is 9.84 Å². The van der Waals surface area contributed by atoms with Crippen molar-refractivity contribution in [3.8, 4) is 17.1 Å². The number of aromatic carboxylic acids is 1. The molecule has 1 aromatic heterocycles. The number of nitrogen functional groups attached to an aromatic ring is 1. The van der Waals surface area contributed by atoms with Gasteiger partial charge in [-0.2, -0.15) is 0 Å². The van der Waals surface area contributed by atoms with Gasteiger partial charge in [-0.15, -0.1) is 9.77 Å². The van der Waals surface area contributed by atoms with Crippen LogP contribution in [0, 0.1) is 0 Å². The van der Waals surface area contributed by atoms with Gasteiger partial charge in [0.15, 0.2) is 0 Å². The van der Waals surface area contributed by atoms with Crippen LogP contribution < -0.4 is 15.3 Å². The number of nitrogens with one attached hydrogen (secondary N) is 1. The average Bonchev–Trinajstić information content (AvgIpc) is 3.01. The summed E-state index contributed by atoms with van der Waals surface area (Å²) in [5.41, 5.74) is 2.13. The molecule has 1 heterocycles. The van der Waals surface area contributed by atoms with Crippen molar-refractivity contribution in [1.82, 2.24) is 10.2 Å². The molecule has 0 aliphatic heterocycles. The summed E-state index contributed by atoms with van der Waals surface area (Å²) in [5.74, 6) is 7.31. The molecular formula is C18H19N4O3S+. The van der Waals surface area contributed by atoms with Gasteiger partial charge in [-0.05, 0) is 54.6 Å². The highest BCUT2D eigenvalue weighted by molar-refractivity contribution is 7.98. The fourth-order valence-electron chi connectivity index (χ4n) is 2.40. The summed E-state index contributed by atoms with van der Waals surface area (Å²) in [5, 5.41) is 16.8. The number of ether oxygens (including phenoxy) is 1. The Morgan fingerprint density at radius 1 is 1.31 bits per heavy atom. The lowest BCUT2D eigenvalue weighted by Crippen LogP contribution is -2.46. The highest BCUT2D eigenvalue weighted by Gasteiger charge is 2.20. The van der Waals surface area contributed by atoms with Crippen LogP contribution in [0.15, 0.2) is 53.7 Å². The van der Waals surface area contributed by atoms with Crippen LogP contribution in [0.4, 0.5) is 0 Å². The molecule has 0 unspecified atom stereocenters. The number of aromatic amines is 1. The number of carboxylic acids is 1. The third kappa shape index (κ3) is 3.97. The normalized spacial score (nSPS) is 10.7. The smallest absolute Gasteiger partial charge is 0.358 e. The van der Waals surface area contributed by atoms with Crippen molar-refractivity contribution in [2.75, 3.05) is 12.4 Å². The summed E-state index contributed by atoms with van der Waals surface area (Å²) in [4.78, 5) is 10.9. The number of hydrogen-bond donors (Lipinski definition) is 3. The molecule has 0 radical (unpaired) electrons. The largest absolute Gasteiger partial charge is 0.494 e. The van der Waals surface area contributed by atoms with E-state index in [4.69, 9.17) is 15.7 Å². The van der Waals surface area contributed by atoms with Crippen molar-refractivity contribution < 1.29 is 19.3 Å². The molecule has 0 aliphatic carbocycles. The van der Waals surface area contributed by atoms with E-state index in [1.807, 2.05) is 31.2 Å². The molecule has 7 nitrogen and oxygen atoms in total. The van der Waals surface area contributed by atoms with Crippen LogP contribution in [0.2, 0.25) is 0 Å². The maximum atomic E-state index is 10.9. The molecule has 0 atom stereocenters. The Morgan fingerprint density at radius 3 is 2.77 bits per heavy atom. The zero-order chi connectivity index (χ0) is 18.5. The summed E-state index contributed by atoms with van der Waals surface area (Å²) in [6.07, 6.45) is 0. The van der Waals surface area contributed by atoms with Crippen LogP contribution in [0.3, 0.4) is 0 Å². The Balaban J connectivity index is 1.72. The van der Waals surface area contributed by atoms with E-state index >= 15 is 0 Å². The van der Waals surface area contributed by atoms with Crippen molar-refractivity contribution in [2.24, 2.45) is 0 Å². The number of aromatic nitrogens is 3. The number of benzene rings is 2. The summed E-state index contributed by atoms with van der Waals surface area (Å²) < 4.78 is 7.02. The van der Waals surface area contributed by atoms with Crippen molar-refractivity contribution in [2.45, 2.75) is 17.8 Å². The Morgan fingerprint density at radius 2 is 2.08 bits per heavy atom. The second kappa shape index (κ2) is 7.92. The van der Waals surface area contributed by atoms with E-state index in [0.29, 0.717) is 23.3 Å². The number of H-pyrrole nitrogens is 1. The van der Waals surface area contributed by atoms with E-state index in [9.17, 15) is 4.79 Å². The lowest BCUT2D eigenvalue weighted by atomic mass is 10.1. The predicted molar refractivity (Wildman–Crippen MR) is 98.5 cm³/mol. The number of nitrogens with two attached hydrogens (primary N) is 1. The third-order valence-electron chi connectivity index (χ3n) is 3.69. The first-order chi connectivity index (χ1) is 12.6. The molecule has 0 saturated carbocycles. The van der Waals surface area contributed by atoms with Crippen LogP contribution in [0.1, 0.15) is 22.8 Å². The van der Waals surface area contributed by atoms with E-state index in [1.54, 1.807) is 24.3 Å². The molecule has 0 spiro atoms. The van der Waals surface area contributed by atoms with E-state index in [0.717, 1.165) is 16.9 Å². The van der Waals surface area contributed by atoms with Crippen LogP contribution in [0.25, 0.3) is 11.4 Å². The van der Waals surface area contributed by atoms with Crippen LogP contribution in [0.5, 0.6) is 5.75 Å². The van der Waals surface area contributed by atoms with Crippen molar-refractivity contribution in [3.63, 3.8) is 0 Å². The maximum absolute atomic E-state index is 10.9. The molecular weight excluding hydrogens is 352 g/mol. The zero-order valence-corrected chi connectivity index (χ0v) is 15.0. The van der Waals surface area contributed by atoms with Gasteiger partial charge in [0.1, 0.15) is 5.75 Å². The molecule has 8 heteroatoms. The topological polar surface area (TPSA) is 105 Å². The molecule has 4 N–H and O–H groups in total. The number of carbonyl (C=O) groups is 1. The highest BCUT2D eigenvalue weighted by Crippen LogP contribution is 2.23. The van der Waals surface area contributed by atoms with Gasteiger partial charge in [-0.3, -0.25) is 5.84 Å². The lowest BCUT2D eigenvalue weighted by molar-refractivity contribution is -0.666. The molecule has 0 bridgehead atoms. The first-order valence-corrected chi connectivity index (χ1v) is 9.00. The van der Waals surface area contributed by atoms with Crippen LogP contribution >= 0.6 is 11.8 Å². The average molecular weight is 371 g/mol. The second-order valence-corrected chi connectivity index (χ2v) is 6.42. The number of hydrogen-bond acceptors (Lipinski definition) is 5. The number of nitrogens with zero attached hydrogens (tertiary/aromatic N) is 2. The van der Waals surface area contributed by atoms with Gasteiger partial charge in [0.25, 0.3) is 5.82 Å². The third-order valence-corrected chi connectivity index (χ3v) is 4.72. The molecule has 134 valence electrons. The Hall–Kier alpha value is -3.00. The molecule has 2 aromatic carbocycles. The predicted octanol–water partition coefficient (Wildman–Crippen LogP) is 2.47. The minimum atomic E-state index is -0.935. The number of rotatable bonds is 7. The number of thioether (sulfide) groups is 1. The first-order valence-electron chi connectivity index (χ1n) is 8.02. The van der Waals surface area contributed by atoms with Crippen LogP contribution in [-0.2, 0) is 5.75 Å². The van der Waals surface area contributed by atoms with E-state index in [1.165, 1.54) is 16.4 Å². The molecule has 26 heavy (non-hydrogen) atoms. The Bertz CT molecular complexity index is 909. The van der Waals surface area contributed by atoms with E-state index in [2.05, 4.69) is 10.2 Å². The SMILES string of the molecule is CCOc1cccc(-c2[nH]nc(SCc3ccc(C(=O)O)cc3)[n+]2N)c1. The molecule has 0 saturated heterocycles. The van der Waals surface area contributed by atoms with Crippen molar-refractivity contribution in [3.05, 3.63) is 59.7 Å². The van der Waals surface area contributed by atoms with Gasteiger partial charge in [0.05, 0.1) is 22.8 Å². The Labute approximate surface area is 154 Å². The van der Waals surface area contributed by atoms with E-state index < -0.39 is 5.97 Å². The lowest BCUT2D eigenvalue weighted by Gasteiger charge is -2.03. The monoisotopic (exact) mass is 371 g/mol. The van der Waals surface area contributed by atoms with Gasteiger partial charge >= 0.3 is 11.1 Å². The fourth-order valence-corrected chi connectivity index (χ4v) is 3.23. The molecule has 0 amide bonds. The van der Waals surface area contributed by atoms with Crippen molar-refractivity contribution in [1.29, 1.82) is 0 Å². The maximum Gasteiger partial charge on any atom is 0.358 e. The summed E-state index contributed by atoms with van der Waals surface area (Å²) >= 11 is 1.46. The zero-order valence-electron chi connectivity index (χ0n) is 14.2. The van der Waals surface area contributed by atoms with Crippen LogP contribution in [-0.4, -0.2) is 27.9 Å². The van der Waals surface area contributed by atoms with Crippen molar-refractivity contribution >= 4 is 17.7 Å². The second-order valence-electron chi connectivity index (χ2n) is 5.48. The fraction of sp³-hybridized carbons (Fsp3) is 0.167. The minimum absolute atomic E-state index is 0.267. The molecule has 0 fully saturated rings. The quantitative estimate of drug-likeness (QED) is 0.335. The minimum Gasteiger partial charge on any atom is -0.494 e.